The van der Waals surface area contributed by atoms with Crippen LogP contribution >= 0.6 is 11.6 Å². The molecule has 2 heterocycles. The first-order chi connectivity index (χ1) is 10.5. The zero-order valence-electron chi connectivity index (χ0n) is 12.3. The van der Waals surface area contributed by atoms with E-state index in [0.717, 1.165) is 30.2 Å². The molecule has 0 spiro atoms. The number of pyridine rings is 1. The van der Waals surface area contributed by atoms with Crippen LogP contribution in [0.5, 0.6) is 0 Å². The molecule has 2 aromatic rings. The molecule has 0 saturated carbocycles. The Labute approximate surface area is 133 Å². The van der Waals surface area contributed by atoms with Crippen LogP contribution in [0.3, 0.4) is 0 Å². The van der Waals surface area contributed by atoms with Gasteiger partial charge in [-0.3, -0.25) is 4.98 Å². The summed E-state index contributed by atoms with van der Waals surface area (Å²) in [5, 5.41) is 0.720. The van der Waals surface area contributed by atoms with Gasteiger partial charge in [-0.15, -0.1) is 0 Å². The van der Waals surface area contributed by atoms with Gasteiger partial charge in [0.25, 0.3) is 6.43 Å². The number of rotatable bonds is 3. The van der Waals surface area contributed by atoms with Crippen molar-refractivity contribution in [3.8, 4) is 0 Å². The summed E-state index contributed by atoms with van der Waals surface area (Å²) < 4.78 is 25.6. The van der Waals surface area contributed by atoms with Crippen LogP contribution in [0.15, 0.2) is 42.6 Å². The molecule has 1 aromatic carbocycles. The summed E-state index contributed by atoms with van der Waals surface area (Å²) in [5.41, 5.74) is 1.86. The Morgan fingerprint density at radius 3 is 2.64 bits per heavy atom. The molecule has 0 bridgehead atoms. The lowest BCUT2D eigenvalue weighted by Gasteiger charge is -2.26. The minimum Gasteiger partial charge on any atom is -0.371 e. The third-order valence-corrected chi connectivity index (χ3v) is 4.62. The van der Waals surface area contributed by atoms with Crippen molar-refractivity contribution in [2.45, 2.75) is 25.2 Å². The van der Waals surface area contributed by atoms with Gasteiger partial charge in [0, 0.05) is 35.4 Å². The Bertz CT molecular complexity index is 660. The largest absolute Gasteiger partial charge is 0.371 e. The van der Waals surface area contributed by atoms with Crippen LogP contribution in [-0.2, 0) is 5.41 Å². The van der Waals surface area contributed by atoms with Gasteiger partial charge in [0.2, 0.25) is 0 Å². The lowest BCUT2D eigenvalue weighted by Crippen LogP contribution is -2.28. The van der Waals surface area contributed by atoms with Gasteiger partial charge in [-0.2, -0.15) is 0 Å². The maximum atomic E-state index is 12.8. The van der Waals surface area contributed by atoms with Crippen LogP contribution in [0.1, 0.15) is 31.0 Å². The van der Waals surface area contributed by atoms with Crippen molar-refractivity contribution >= 4 is 17.3 Å². The molecule has 1 atom stereocenters. The smallest absolute Gasteiger partial charge is 0.280 e. The average molecular weight is 323 g/mol. The first kappa shape index (κ1) is 15.2. The Morgan fingerprint density at radius 1 is 1.23 bits per heavy atom. The number of aromatic nitrogens is 1. The fourth-order valence-electron chi connectivity index (χ4n) is 3.02. The average Bonchev–Trinajstić information content (AvgIpc) is 2.92. The van der Waals surface area contributed by atoms with Crippen LogP contribution in [0, 0.1) is 0 Å². The first-order valence-electron chi connectivity index (χ1n) is 7.23. The lowest BCUT2D eigenvalue weighted by molar-refractivity contribution is 0.146. The fourth-order valence-corrected chi connectivity index (χ4v) is 3.15. The third kappa shape index (κ3) is 2.93. The highest BCUT2D eigenvalue weighted by atomic mass is 35.5. The van der Waals surface area contributed by atoms with Crippen molar-refractivity contribution < 1.29 is 8.78 Å². The van der Waals surface area contributed by atoms with Crippen LogP contribution in [0.2, 0.25) is 5.02 Å². The number of hydrogen-bond acceptors (Lipinski definition) is 2. The maximum Gasteiger partial charge on any atom is 0.280 e. The molecular formula is C17H17ClF2N2. The second-order valence-corrected chi connectivity index (χ2v) is 6.42. The summed E-state index contributed by atoms with van der Waals surface area (Å²) in [6, 6.07) is 11.2. The highest BCUT2D eigenvalue weighted by Crippen LogP contribution is 2.37. The molecule has 0 N–H and O–H groups in total. The van der Waals surface area contributed by atoms with Gasteiger partial charge in [0.1, 0.15) is 5.69 Å². The van der Waals surface area contributed by atoms with Crippen LogP contribution in [0.4, 0.5) is 14.5 Å². The Kier molecular flexibility index (Phi) is 4.04. The van der Waals surface area contributed by atoms with E-state index in [1.807, 2.05) is 24.3 Å². The van der Waals surface area contributed by atoms with Crippen LogP contribution in [-0.4, -0.2) is 18.1 Å². The quantitative estimate of drug-likeness (QED) is 0.803. The Morgan fingerprint density at radius 2 is 1.95 bits per heavy atom. The summed E-state index contributed by atoms with van der Waals surface area (Å²) >= 11 is 5.95. The molecule has 1 aliphatic rings. The highest BCUT2D eigenvalue weighted by Gasteiger charge is 2.35. The minimum absolute atomic E-state index is 0.00114. The summed E-state index contributed by atoms with van der Waals surface area (Å²) in [5.74, 6) is 0. The number of alkyl halides is 2. The van der Waals surface area contributed by atoms with Crippen molar-refractivity contribution in [2.75, 3.05) is 18.0 Å². The molecule has 2 nitrogen and oxygen atoms in total. The van der Waals surface area contributed by atoms with E-state index in [4.69, 9.17) is 11.6 Å². The second kappa shape index (κ2) is 5.84. The summed E-state index contributed by atoms with van der Waals surface area (Å²) in [6.45, 7) is 3.83. The van der Waals surface area contributed by atoms with Gasteiger partial charge in [-0.1, -0.05) is 30.7 Å². The van der Waals surface area contributed by atoms with E-state index in [2.05, 4.69) is 16.8 Å². The minimum atomic E-state index is -2.54. The fraction of sp³-hybridized carbons (Fsp3) is 0.353. The molecule has 1 fully saturated rings. The van der Waals surface area contributed by atoms with Crippen molar-refractivity contribution in [3.05, 3.63) is 58.9 Å². The predicted molar refractivity (Wildman–Crippen MR) is 84.8 cm³/mol. The van der Waals surface area contributed by atoms with Crippen molar-refractivity contribution in [2.24, 2.45) is 0 Å². The zero-order chi connectivity index (χ0) is 15.7. The number of benzene rings is 1. The van der Waals surface area contributed by atoms with Crippen LogP contribution < -0.4 is 4.90 Å². The summed E-state index contributed by atoms with van der Waals surface area (Å²) in [4.78, 5) is 5.86. The standard InChI is InChI=1S/C17H17ClF2N2/c1-17(12-2-4-13(18)5-3-12)7-9-22(11-17)14-6-8-21-15(10-14)16(19)20/h2-6,8,10,16H,7,9,11H2,1H3. The van der Waals surface area contributed by atoms with E-state index in [1.54, 1.807) is 6.07 Å². The molecule has 116 valence electrons. The number of anilines is 1. The predicted octanol–water partition coefficient (Wildman–Crippen LogP) is 4.84. The number of nitrogens with zero attached hydrogens (tertiary/aromatic N) is 2. The monoisotopic (exact) mass is 322 g/mol. The summed E-state index contributed by atoms with van der Waals surface area (Å²) in [7, 11) is 0. The molecule has 1 saturated heterocycles. The van der Waals surface area contributed by atoms with Crippen molar-refractivity contribution in [1.82, 2.24) is 4.98 Å². The van der Waals surface area contributed by atoms with Crippen LogP contribution in [0.25, 0.3) is 0 Å². The van der Waals surface area contributed by atoms with E-state index in [0.29, 0.717) is 0 Å². The van der Waals surface area contributed by atoms with Gasteiger partial charge in [-0.25, -0.2) is 8.78 Å². The van der Waals surface area contributed by atoms with Crippen molar-refractivity contribution in [1.29, 1.82) is 0 Å². The lowest BCUT2D eigenvalue weighted by atomic mass is 9.82. The van der Waals surface area contributed by atoms with Crippen molar-refractivity contribution in [3.63, 3.8) is 0 Å². The first-order valence-corrected chi connectivity index (χ1v) is 7.61. The van der Waals surface area contributed by atoms with E-state index in [-0.39, 0.29) is 11.1 Å². The molecule has 1 aromatic heterocycles. The molecular weight excluding hydrogens is 306 g/mol. The molecule has 0 amide bonds. The molecule has 5 heteroatoms. The molecule has 22 heavy (non-hydrogen) atoms. The van der Waals surface area contributed by atoms with E-state index in [1.165, 1.54) is 17.8 Å². The maximum absolute atomic E-state index is 12.8. The van der Waals surface area contributed by atoms with Gasteiger partial charge >= 0.3 is 0 Å². The van der Waals surface area contributed by atoms with E-state index < -0.39 is 6.43 Å². The zero-order valence-corrected chi connectivity index (χ0v) is 13.0. The normalized spacial score (nSPS) is 21.6. The highest BCUT2D eigenvalue weighted by molar-refractivity contribution is 6.30. The molecule has 1 aliphatic heterocycles. The SMILES string of the molecule is CC1(c2ccc(Cl)cc2)CCN(c2ccnc(C(F)F)c2)C1. The second-order valence-electron chi connectivity index (χ2n) is 5.98. The topological polar surface area (TPSA) is 16.1 Å². The Balaban J connectivity index is 1.82. The molecule has 0 aliphatic carbocycles. The van der Waals surface area contributed by atoms with Gasteiger partial charge < -0.3 is 4.90 Å². The van der Waals surface area contributed by atoms with E-state index in [9.17, 15) is 8.78 Å². The molecule has 0 radical (unpaired) electrons. The van der Waals surface area contributed by atoms with Gasteiger partial charge in [-0.05, 0) is 36.2 Å². The number of halogens is 3. The Hall–Kier alpha value is -1.68. The molecule has 3 rings (SSSR count). The molecule has 1 unspecified atom stereocenters. The van der Waals surface area contributed by atoms with E-state index >= 15 is 0 Å². The summed E-state index contributed by atoms with van der Waals surface area (Å²) in [6.07, 6.45) is -0.111. The van der Waals surface area contributed by atoms with Gasteiger partial charge in [0.05, 0.1) is 0 Å². The van der Waals surface area contributed by atoms with Gasteiger partial charge in [0.15, 0.2) is 0 Å². The third-order valence-electron chi connectivity index (χ3n) is 4.37. The number of hydrogen-bond donors (Lipinski definition) is 0.